The third-order valence-corrected chi connectivity index (χ3v) is 3.05. The van der Waals surface area contributed by atoms with Crippen molar-refractivity contribution in [2.24, 2.45) is 0 Å². The number of nitrogens with zero attached hydrogens (tertiary/aromatic N) is 5. The largest absolute Gasteiger partial charge is 0.354 e. The van der Waals surface area contributed by atoms with Gasteiger partial charge in [-0.2, -0.15) is 14.6 Å². The minimum atomic E-state index is 0.496. The molecule has 0 amide bonds. The summed E-state index contributed by atoms with van der Waals surface area (Å²) in [5, 5.41) is 7.68. The maximum absolute atomic E-state index is 4.36. The van der Waals surface area contributed by atoms with E-state index in [0.29, 0.717) is 11.8 Å². The van der Waals surface area contributed by atoms with Gasteiger partial charge in [0.25, 0.3) is 5.78 Å². The molecule has 0 unspecified atom stereocenters. The summed E-state index contributed by atoms with van der Waals surface area (Å²) in [7, 11) is 0. The second kappa shape index (κ2) is 3.96. The van der Waals surface area contributed by atoms with Crippen LogP contribution in [0, 0.1) is 6.92 Å². The van der Waals surface area contributed by atoms with Crippen LogP contribution in [0.5, 0.6) is 0 Å². The number of piperazine rings is 1. The first kappa shape index (κ1) is 10.5. The molecule has 0 spiro atoms. The molecule has 3 heterocycles. The molecule has 3 rings (SSSR count). The highest BCUT2D eigenvalue weighted by atomic mass is 15.4. The molecule has 90 valence electrons. The first-order valence-corrected chi connectivity index (χ1v) is 5.90. The fourth-order valence-corrected chi connectivity index (χ4v) is 2.28. The van der Waals surface area contributed by atoms with Crippen LogP contribution in [0.25, 0.3) is 5.78 Å². The predicted molar refractivity (Wildman–Crippen MR) is 65.2 cm³/mol. The molecule has 6 nitrogen and oxygen atoms in total. The zero-order valence-electron chi connectivity index (χ0n) is 10.1. The van der Waals surface area contributed by atoms with E-state index in [-0.39, 0.29) is 0 Å². The van der Waals surface area contributed by atoms with Gasteiger partial charge in [0.2, 0.25) is 0 Å². The summed E-state index contributed by atoms with van der Waals surface area (Å²) in [5.41, 5.74) is 0.978. The number of rotatable bonds is 1. The summed E-state index contributed by atoms with van der Waals surface area (Å²) in [6.45, 7) is 7.16. The Morgan fingerprint density at radius 3 is 3.18 bits per heavy atom. The van der Waals surface area contributed by atoms with Gasteiger partial charge in [0.15, 0.2) is 0 Å². The third-order valence-electron chi connectivity index (χ3n) is 3.05. The molecule has 1 saturated heterocycles. The predicted octanol–water partition coefficient (Wildman–Crippen LogP) is 0.231. The molecule has 1 fully saturated rings. The van der Waals surface area contributed by atoms with Crippen molar-refractivity contribution in [3.63, 3.8) is 0 Å². The molecule has 17 heavy (non-hydrogen) atoms. The smallest absolute Gasteiger partial charge is 0.254 e. The number of aryl methyl sites for hydroxylation is 1. The van der Waals surface area contributed by atoms with Gasteiger partial charge in [-0.05, 0) is 13.8 Å². The third kappa shape index (κ3) is 1.84. The van der Waals surface area contributed by atoms with E-state index >= 15 is 0 Å². The van der Waals surface area contributed by atoms with E-state index in [1.54, 1.807) is 6.33 Å². The molecule has 0 saturated carbocycles. The monoisotopic (exact) mass is 232 g/mol. The minimum Gasteiger partial charge on any atom is -0.354 e. The molecule has 1 aliphatic rings. The average molecular weight is 232 g/mol. The number of nitrogens with one attached hydrogen (secondary N) is 1. The van der Waals surface area contributed by atoms with Gasteiger partial charge in [0, 0.05) is 37.4 Å². The number of anilines is 1. The fourth-order valence-electron chi connectivity index (χ4n) is 2.28. The molecule has 1 atom stereocenters. The van der Waals surface area contributed by atoms with Crippen molar-refractivity contribution >= 4 is 11.6 Å². The Morgan fingerprint density at radius 1 is 1.47 bits per heavy atom. The Labute approximate surface area is 99.7 Å². The second-order valence-electron chi connectivity index (χ2n) is 4.53. The Kier molecular flexibility index (Phi) is 2.44. The number of fused-ring (bicyclic) bond motifs is 1. The zero-order chi connectivity index (χ0) is 11.8. The first-order valence-electron chi connectivity index (χ1n) is 5.90. The summed E-state index contributed by atoms with van der Waals surface area (Å²) in [5.74, 6) is 1.75. The van der Waals surface area contributed by atoms with E-state index < -0.39 is 0 Å². The van der Waals surface area contributed by atoms with Crippen LogP contribution in [0.15, 0.2) is 12.4 Å². The molecular formula is C11H16N6. The van der Waals surface area contributed by atoms with E-state index in [0.717, 1.165) is 31.1 Å². The molecular weight excluding hydrogens is 216 g/mol. The number of hydrogen-bond acceptors (Lipinski definition) is 5. The lowest BCUT2D eigenvalue weighted by Crippen LogP contribution is -2.49. The van der Waals surface area contributed by atoms with E-state index in [4.69, 9.17) is 0 Å². The Bertz CT molecular complexity index is 534. The quantitative estimate of drug-likeness (QED) is 0.763. The van der Waals surface area contributed by atoms with Crippen molar-refractivity contribution in [3.05, 3.63) is 18.1 Å². The van der Waals surface area contributed by atoms with Crippen LogP contribution in [0.2, 0.25) is 0 Å². The lowest BCUT2D eigenvalue weighted by molar-refractivity contribution is 0.480. The Balaban J connectivity index is 2.06. The highest BCUT2D eigenvalue weighted by Gasteiger charge is 2.19. The average Bonchev–Trinajstić information content (AvgIpc) is 2.75. The molecule has 2 aromatic heterocycles. The van der Waals surface area contributed by atoms with Gasteiger partial charge in [-0.1, -0.05) is 0 Å². The van der Waals surface area contributed by atoms with E-state index in [9.17, 15) is 0 Å². The van der Waals surface area contributed by atoms with Gasteiger partial charge >= 0.3 is 0 Å². The summed E-state index contributed by atoms with van der Waals surface area (Å²) >= 11 is 0. The van der Waals surface area contributed by atoms with E-state index in [1.807, 2.05) is 11.4 Å². The number of aromatic nitrogens is 4. The lowest BCUT2D eigenvalue weighted by Gasteiger charge is -2.33. The summed E-state index contributed by atoms with van der Waals surface area (Å²) in [6.07, 6.45) is 1.55. The van der Waals surface area contributed by atoms with Crippen LogP contribution in [-0.4, -0.2) is 45.3 Å². The van der Waals surface area contributed by atoms with Crippen LogP contribution in [0.3, 0.4) is 0 Å². The number of hydrogen-bond donors (Lipinski definition) is 1. The van der Waals surface area contributed by atoms with Gasteiger partial charge in [0.05, 0.1) is 0 Å². The maximum atomic E-state index is 4.36. The fraction of sp³-hybridized carbons (Fsp3) is 0.545. The van der Waals surface area contributed by atoms with Crippen LogP contribution in [0.4, 0.5) is 5.82 Å². The highest BCUT2D eigenvalue weighted by molar-refractivity contribution is 5.47. The molecule has 0 aromatic carbocycles. The van der Waals surface area contributed by atoms with Crippen molar-refractivity contribution in [1.82, 2.24) is 24.9 Å². The Morgan fingerprint density at radius 2 is 2.35 bits per heavy atom. The van der Waals surface area contributed by atoms with Crippen molar-refractivity contribution in [3.8, 4) is 0 Å². The van der Waals surface area contributed by atoms with Crippen LogP contribution >= 0.6 is 0 Å². The maximum Gasteiger partial charge on any atom is 0.254 e. The van der Waals surface area contributed by atoms with Crippen molar-refractivity contribution in [2.45, 2.75) is 19.9 Å². The van der Waals surface area contributed by atoms with Crippen LogP contribution in [-0.2, 0) is 0 Å². The second-order valence-corrected chi connectivity index (χ2v) is 4.53. The summed E-state index contributed by atoms with van der Waals surface area (Å²) in [6, 6.07) is 2.57. The van der Waals surface area contributed by atoms with Gasteiger partial charge in [-0.15, -0.1) is 0 Å². The van der Waals surface area contributed by atoms with Crippen molar-refractivity contribution in [2.75, 3.05) is 24.5 Å². The summed E-state index contributed by atoms with van der Waals surface area (Å²) in [4.78, 5) is 10.8. The van der Waals surface area contributed by atoms with Crippen molar-refractivity contribution in [1.29, 1.82) is 0 Å². The molecule has 2 aromatic rings. The highest BCUT2D eigenvalue weighted by Crippen LogP contribution is 2.17. The molecule has 0 bridgehead atoms. The van der Waals surface area contributed by atoms with Crippen LogP contribution in [0.1, 0.15) is 12.6 Å². The van der Waals surface area contributed by atoms with Crippen molar-refractivity contribution < 1.29 is 0 Å². The van der Waals surface area contributed by atoms with Gasteiger partial charge in [-0.3, -0.25) is 0 Å². The molecule has 1 aliphatic heterocycles. The van der Waals surface area contributed by atoms with Gasteiger partial charge < -0.3 is 10.2 Å². The minimum absolute atomic E-state index is 0.496. The topological polar surface area (TPSA) is 58.4 Å². The van der Waals surface area contributed by atoms with E-state index in [1.165, 1.54) is 0 Å². The van der Waals surface area contributed by atoms with Gasteiger partial charge in [0.1, 0.15) is 12.1 Å². The van der Waals surface area contributed by atoms with E-state index in [2.05, 4.69) is 38.3 Å². The molecule has 6 heteroatoms. The molecule has 0 aliphatic carbocycles. The standard InChI is InChI=1S/C11H16N6/c1-8-5-10(16-4-3-12-9(2)6-16)17-11(15-8)13-7-14-17/h5,7,9,12H,3-4,6H2,1-2H3/t9-/m1/s1. The molecule has 1 N–H and O–H groups in total. The normalized spacial score (nSPS) is 21.1. The molecule has 0 radical (unpaired) electrons. The summed E-state index contributed by atoms with van der Waals surface area (Å²) < 4.78 is 1.81. The Hall–Kier alpha value is -1.69. The SMILES string of the molecule is Cc1cc(N2CCN[C@H](C)C2)n2ncnc2n1. The van der Waals surface area contributed by atoms with Crippen LogP contribution < -0.4 is 10.2 Å². The zero-order valence-corrected chi connectivity index (χ0v) is 10.1. The lowest BCUT2D eigenvalue weighted by atomic mass is 10.2. The van der Waals surface area contributed by atoms with Gasteiger partial charge in [-0.25, -0.2) is 4.98 Å². The first-order chi connectivity index (χ1) is 8.24.